The van der Waals surface area contributed by atoms with Crippen molar-refractivity contribution >= 4 is 6.08 Å². The minimum Gasteiger partial charge on any atom is -0.204 e. The predicted octanol–water partition coefficient (Wildman–Crippen LogP) is 2.76. The molecule has 4 heteroatoms. The van der Waals surface area contributed by atoms with Crippen LogP contribution >= 0.6 is 0 Å². The second-order valence-corrected chi connectivity index (χ2v) is 2.73. The van der Waals surface area contributed by atoms with E-state index < -0.39 is 11.6 Å². The van der Waals surface area contributed by atoms with Gasteiger partial charge in [0, 0.05) is 0 Å². The summed E-state index contributed by atoms with van der Waals surface area (Å²) in [4.78, 5) is 0. The second-order valence-electron chi connectivity index (χ2n) is 2.73. The summed E-state index contributed by atoms with van der Waals surface area (Å²) in [6.07, 6.45) is 3.06. The lowest BCUT2D eigenvalue weighted by Crippen LogP contribution is -1.90. The molecule has 0 aliphatic heterocycles. The van der Waals surface area contributed by atoms with E-state index in [0.717, 1.165) is 12.1 Å². The standard InChI is InChI=1S/C11H6F2N2/c12-10-5-8(3-1-2-4-14)9(7-15)6-11(10)13/h1,3,5-6H,2H2. The van der Waals surface area contributed by atoms with Gasteiger partial charge in [0.15, 0.2) is 11.6 Å². The van der Waals surface area contributed by atoms with Crippen LogP contribution in [0.5, 0.6) is 0 Å². The van der Waals surface area contributed by atoms with E-state index >= 15 is 0 Å². The Labute approximate surface area is 85.7 Å². The molecule has 74 valence electrons. The number of allylic oxidation sites excluding steroid dienone is 1. The molecule has 0 spiro atoms. The van der Waals surface area contributed by atoms with Gasteiger partial charge in [0.1, 0.15) is 0 Å². The summed E-state index contributed by atoms with van der Waals surface area (Å²) in [7, 11) is 0. The van der Waals surface area contributed by atoms with Crippen LogP contribution < -0.4 is 0 Å². The Bertz CT molecular complexity index is 479. The van der Waals surface area contributed by atoms with Crippen LogP contribution in [0.4, 0.5) is 8.78 Å². The molecule has 0 atom stereocenters. The van der Waals surface area contributed by atoms with Crippen LogP contribution in [-0.4, -0.2) is 0 Å². The van der Waals surface area contributed by atoms with Crippen LogP contribution in [0.1, 0.15) is 17.5 Å². The lowest BCUT2D eigenvalue weighted by atomic mass is 10.1. The van der Waals surface area contributed by atoms with Gasteiger partial charge in [-0.25, -0.2) is 8.78 Å². The van der Waals surface area contributed by atoms with Crippen LogP contribution in [-0.2, 0) is 0 Å². The summed E-state index contributed by atoms with van der Waals surface area (Å²) in [5, 5.41) is 16.9. The molecule has 0 saturated carbocycles. The smallest absolute Gasteiger partial charge is 0.160 e. The fraction of sp³-hybridized carbons (Fsp3) is 0.0909. The number of hydrogen-bond donors (Lipinski definition) is 0. The normalized spacial score (nSPS) is 9.87. The zero-order valence-corrected chi connectivity index (χ0v) is 7.67. The van der Waals surface area contributed by atoms with Crippen LogP contribution in [0.15, 0.2) is 18.2 Å². The largest absolute Gasteiger partial charge is 0.204 e. The maximum atomic E-state index is 12.8. The monoisotopic (exact) mass is 204 g/mol. The summed E-state index contributed by atoms with van der Waals surface area (Å²) in [5.41, 5.74) is 0.315. The van der Waals surface area contributed by atoms with E-state index in [1.807, 2.05) is 6.07 Å². The molecule has 0 aliphatic rings. The topological polar surface area (TPSA) is 47.6 Å². The Morgan fingerprint density at radius 1 is 1.20 bits per heavy atom. The molecule has 0 fully saturated rings. The van der Waals surface area contributed by atoms with Gasteiger partial charge in [0.2, 0.25) is 0 Å². The third kappa shape index (κ3) is 2.62. The molecule has 0 aromatic heterocycles. The molecule has 0 unspecified atom stereocenters. The van der Waals surface area contributed by atoms with Crippen molar-refractivity contribution < 1.29 is 8.78 Å². The van der Waals surface area contributed by atoms with Crippen LogP contribution in [0.25, 0.3) is 6.08 Å². The minimum atomic E-state index is -1.05. The molecule has 0 N–H and O–H groups in total. The molecule has 2 nitrogen and oxygen atoms in total. The van der Waals surface area contributed by atoms with Crippen LogP contribution in [0.3, 0.4) is 0 Å². The van der Waals surface area contributed by atoms with Gasteiger partial charge in [-0.1, -0.05) is 12.2 Å². The zero-order chi connectivity index (χ0) is 11.3. The average Bonchev–Trinajstić information content (AvgIpc) is 2.23. The number of benzene rings is 1. The number of nitriles is 2. The van der Waals surface area contributed by atoms with Crippen molar-refractivity contribution in [3.63, 3.8) is 0 Å². The highest BCUT2D eigenvalue weighted by molar-refractivity contribution is 5.58. The van der Waals surface area contributed by atoms with E-state index in [2.05, 4.69) is 0 Å². The van der Waals surface area contributed by atoms with Crippen LogP contribution in [0.2, 0.25) is 0 Å². The fourth-order valence-electron chi connectivity index (χ4n) is 1.04. The van der Waals surface area contributed by atoms with Gasteiger partial charge in [-0.05, 0) is 17.7 Å². The molecule has 0 bridgehead atoms. The zero-order valence-electron chi connectivity index (χ0n) is 7.67. The van der Waals surface area contributed by atoms with Crippen molar-refractivity contribution in [1.82, 2.24) is 0 Å². The Morgan fingerprint density at radius 2 is 1.87 bits per heavy atom. The SMILES string of the molecule is N#CCC=Cc1cc(F)c(F)cc1C#N. The molecule has 0 amide bonds. The lowest BCUT2D eigenvalue weighted by molar-refractivity contribution is 0.508. The third-order valence-corrected chi connectivity index (χ3v) is 1.72. The minimum absolute atomic E-state index is 0.0445. The van der Waals surface area contributed by atoms with Crippen LogP contribution in [0, 0.1) is 34.3 Å². The molecule has 0 radical (unpaired) electrons. The summed E-state index contributed by atoms with van der Waals surface area (Å²) >= 11 is 0. The molecular weight excluding hydrogens is 198 g/mol. The van der Waals surface area contributed by atoms with Crippen molar-refractivity contribution in [2.75, 3.05) is 0 Å². The molecular formula is C11H6F2N2. The molecule has 1 rings (SSSR count). The molecule has 0 saturated heterocycles. The maximum absolute atomic E-state index is 12.8. The first-order chi connectivity index (χ1) is 7.19. The van der Waals surface area contributed by atoms with E-state index in [0.29, 0.717) is 0 Å². The van der Waals surface area contributed by atoms with Crippen molar-refractivity contribution in [2.45, 2.75) is 6.42 Å². The fourth-order valence-corrected chi connectivity index (χ4v) is 1.04. The summed E-state index contributed by atoms with van der Waals surface area (Å²) in [6, 6.07) is 5.38. The first kappa shape index (κ1) is 10.9. The Hall–Kier alpha value is -2.20. The highest BCUT2D eigenvalue weighted by Gasteiger charge is 2.06. The van der Waals surface area contributed by atoms with Gasteiger partial charge in [0.25, 0.3) is 0 Å². The molecule has 0 aliphatic carbocycles. The van der Waals surface area contributed by atoms with Gasteiger partial charge in [-0.3, -0.25) is 0 Å². The van der Waals surface area contributed by atoms with Gasteiger partial charge >= 0.3 is 0 Å². The first-order valence-electron chi connectivity index (χ1n) is 4.11. The molecule has 0 heterocycles. The summed E-state index contributed by atoms with van der Waals surface area (Å²) in [6.45, 7) is 0. The Kier molecular flexibility index (Phi) is 3.54. The number of hydrogen-bond acceptors (Lipinski definition) is 2. The highest BCUT2D eigenvalue weighted by Crippen LogP contribution is 2.15. The Balaban J connectivity index is 3.13. The molecule has 15 heavy (non-hydrogen) atoms. The van der Waals surface area contributed by atoms with E-state index in [-0.39, 0.29) is 17.5 Å². The second kappa shape index (κ2) is 4.88. The quantitative estimate of drug-likeness (QED) is 0.743. The van der Waals surface area contributed by atoms with E-state index in [4.69, 9.17) is 10.5 Å². The van der Waals surface area contributed by atoms with Gasteiger partial charge in [-0.2, -0.15) is 10.5 Å². The maximum Gasteiger partial charge on any atom is 0.160 e. The predicted molar refractivity (Wildman–Crippen MR) is 50.3 cm³/mol. The third-order valence-electron chi connectivity index (χ3n) is 1.72. The summed E-state index contributed by atoms with van der Waals surface area (Å²) in [5.74, 6) is -2.06. The van der Waals surface area contributed by atoms with E-state index in [1.165, 1.54) is 12.2 Å². The molecule has 1 aromatic carbocycles. The van der Waals surface area contributed by atoms with Gasteiger partial charge in [-0.15, -0.1) is 0 Å². The van der Waals surface area contributed by atoms with Crippen molar-refractivity contribution in [3.05, 3.63) is 41.0 Å². The lowest BCUT2D eigenvalue weighted by Gasteiger charge is -1.98. The van der Waals surface area contributed by atoms with Crippen molar-refractivity contribution in [2.24, 2.45) is 0 Å². The Morgan fingerprint density at radius 3 is 2.47 bits per heavy atom. The van der Waals surface area contributed by atoms with Gasteiger partial charge in [0.05, 0.1) is 24.1 Å². The first-order valence-corrected chi connectivity index (χ1v) is 4.11. The number of halogens is 2. The van der Waals surface area contributed by atoms with Crippen molar-refractivity contribution in [1.29, 1.82) is 10.5 Å². The van der Waals surface area contributed by atoms with Gasteiger partial charge < -0.3 is 0 Å². The average molecular weight is 204 g/mol. The number of nitrogens with zero attached hydrogens (tertiary/aromatic N) is 2. The molecule has 1 aromatic rings. The number of rotatable bonds is 2. The van der Waals surface area contributed by atoms with Crippen molar-refractivity contribution in [3.8, 4) is 12.1 Å². The van der Waals surface area contributed by atoms with E-state index in [9.17, 15) is 8.78 Å². The van der Waals surface area contributed by atoms with E-state index in [1.54, 1.807) is 6.07 Å². The summed E-state index contributed by atoms with van der Waals surface area (Å²) < 4.78 is 25.6. The highest BCUT2D eigenvalue weighted by atomic mass is 19.2.